The number of rotatable bonds is 54. The Morgan fingerprint density at radius 3 is 0.957 bits per heavy atom. The molecule has 0 aromatic rings. The predicted octanol–water partition coefficient (Wildman–Crippen LogP) is 20.2. The molecule has 1 unspecified atom stereocenters. The van der Waals surface area contributed by atoms with Crippen molar-refractivity contribution in [2.75, 3.05) is 13.2 Å². The summed E-state index contributed by atoms with van der Waals surface area (Å²) in [6, 6.07) is 0. The van der Waals surface area contributed by atoms with Crippen LogP contribution in [0.5, 0.6) is 0 Å². The molecule has 0 saturated heterocycles. The number of unbranched alkanes of at least 4 members (excludes halogenated alkanes) is 31. The number of ether oxygens (including phenoxy) is 3. The van der Waals surface area contributed by atoms with Crippen LogP contribution in [-0.4, -0.2) is 37.2 Å². The van der Waals surface area contributed by atoms with Gasteiger partial charge in [-0.05, 0) is 96.3 Å². The maximum Gasteiger partial charge on any atom is 0.306 e. The first-order chi connectivity index (χ1) is 34.5. The van der Waals surface area contributed by atoms with Crippen molar-refractivity contribution in [2.45, 2.75) is 303 Å². The fourth-order valence-electron chi connectivity index (χ4n) is 8.45. The fourth-order valence-corrected chi connectivity index (χ4v) is 8.45. The van der Waals surface area contributed by atoms with E-state index in [0.29, 0.717) is 19.3 Å². The lowest BCUT2D eigenvalue weighted by molar-refractivity contribution is -0.166. The first-order valence-corrected chi connectivity index (χ1v) is 29.9. The van der Waals surface area contributed by atoms with Crippen LogP contribution < -0.4 is 0 Å². The molecule has 6 heteroatoms. The molecule has 0 heterocycles. The second kappa shape index (κ2) is 58.4. The lowest BCUT2D eigenvalue weighted by Gasteiger charge is -2.18. The zero-order valence-electron chi connectivity index (χ0n) is 46.3. The molecule has 0 aromatic heterocycles. The van der Waals surface area contributed by atoms with Gasteiger partial charge in [0, 0.05) is 19.3 Å². The molecule has 70 heavy (non-hydrogen) atoms. The van der Waals surface area contributed by atoms with Gasteiger partial charge in [0.05, 0.1) is 0 Å². The molecule has 0 rings (SSSR count). The van der Waals surface area contributed by atoms with Crippen LogP contribution in [0.3, 0.4) is 0 Å². The van der Waals surface area contributed by atoms with E-state index < -0.39 is 6.10 Å². The van der Waals surface area contributed by atoms with Gasteiger partial charge in [-0.15, -0.1) is 0 Å². The monoisotopic (exact) mass is 977 g/mol. The van der Waals surface area contributed by atoms with Crippen molar-refractivity contribution in [3.05, 3.63) is 72.9 Å². The normalized spacial score (nSPS) is 12.6. The predicted molar refractivity (Wildman–Crippen MR) is 302 cm³/mol. The van der Waals surface area contributed by atoms with Crippen molar-refractivity contribution in [1.29, 1.82) is 0 Å². The van der Waals surface area contributed by atoms with E-state index in [1.165, 1.54) is 173 Å². The van der Waals surface area contributed by atoms with E-state index in [-0.39, 0.29) is 37.5 Å². The first kappa shape index (κ1) is 66.9. The van der Waals surface area contributed by atoms with Gasteiger partial charge in [-0.25, -0.2) is 0 Å². The molecule has 0 radical (unpaired) electrons. The first-order valence-electron chi connectivity index (χ1n) is 29.9. The highest BCUT2D eigenvalue weighted by atomic mass is 16.6. The molecule has 0 fully saturated rings. The summed E-state index contributed by atoms with van der Waals surface area (Å²) in [7, 11) is 0. The average Bonchev–Trinajstić information content (AvgIpc) is 3.36. The molecule has 0 aliphatic heterocycles. The highest BCUT2D eigenvalue weighted by Crippen LogP contribution is 2.16. The van der Waals surface area contributed by atoms with Crippen LogP contribution in [0.25, 0.3) is 0 Å². The van der Waals surface area contributed by atoms with Crippen LogP contribution in [0, 0.1) is 0 Å². The molecule has 404 valence electrons. The number of carbonyl (C=O) groups excluding carboxylic acids is 3. The second-order valence-electron chi connectivity index (χ2n) is 19.9. The molecular formula is C64H112O6. The smallest absolute Gasteiger partial charge is 0.306 e. The largest absolute Gasteiger partial charge is 0.462 e. The van der Waals surface area contributed by atoms with E-state index in [0.717, 1.165) is 77.0 Å². The molecule has 0 aromatic carbocycles. The molecule has 0 aliphatic carbocycles. The van der Waals surface area contributed by atoms with Gasteiger partial charge in [0.2, 0.25) is 0 Å². The average molecular weight is 978 g/mol. The van der Waals surface area contributed by atoms with Crippen LogP contribution >= 0.6 is 0 Å². The van der Waals surface area contributed by atoms with Crippen molar-refractivity contribution in [3.8, 4) is 0 Å². The van der Waals surface area contributed by atoms with Gasteiger partial charge in [0.15, 0.2) is 6.10 Å². The summed E-state index contributed by atoms with van der Waals surface area (Å²) in [6.45, 7) is 6.47. The van der Waals surface area contributed by atoms with Crippen LogP contribution in [0.4, 0.5) is 0 Å². The van der Waals surface area contributed by atoms with Crippen molar-refractivity contribution < 1.29 is 28.6 Å². The summed E-state index contributed by atoms with van der Waals surface area (Å²) >= 11 is 0. The van der Waals surface area contributed by atoms with Gasteiger partial charge >= 0.3 is 17.9 Å². The fraction of sp³-hybridized carbons (Fsp3) is 0.766. The third-order valence-corrected chi connectivity index (χ3v) is 12.9. The van der Waals surface area contributed by atoms with Gasteiger partial charge in [0.1, 0.15) is 13.2 Å². The Hall–Kier alpha value is -3.15. The van der Waals surface area contributed by atoms with Crippen LogP contribution in [0.15, 0.2) is 72.9 Å². The quantitative estimate of drug-likeness (QED) is 0.0261. The van der Waals surface area contributed by atoms with Gasteiger partial charge in [-0.1, -0.05) is 254 Å². The van der Waals surface area contributed by atoms with Crippen molar-refractivity contribution in [1.82, 2.24) is 0 Å². The lowest BCUT2D eigenvalue weighted by Crippen LogP contribution is -2.30. The minimum Gasteiger partial charge on any atom is -0.462 e. The molecule has 0 aliphatic rings. The molecule has 0 bridgehead atoms. The standard InChI is InChI=1S/C64H112O6/c1-4-7-10-13-16-19-22-25-27-29-30-31-32-33-34-35-37-39-42-45-48-51-54-57-63(66)69-60-61(59-68-62(65)56-53-50-47-44-41-38-24-21-18-15-12-9-6-3)70-64(67)58-55-52-49-46-43-40-36-28-26-23-20-17-14-11-8-5-2/h9,12,18,21,28-30,36,38,41,47,50,61H,4-8,10-11,13-17,19-20,22-27,31-35,37,39-40,42-46,48-49,51-60H2,1-3H3/b12-9-,21-18-,30-29-,36-28-,41-38-,50-47-. The SMILES string of the molecule is CC/C=C\C/C=C\C/C=C\C/C=C\CCC(=O)OCC(COC(=O)CCCCCCCCCCCCC/C=C\CCCCCCCCCC)OC(=O)CCCCCCC/C=C\CCCCCCCCC. The van der Waals surface area contributed by atoms with E-state index in [2.05, 4.69) is 87.6 Å². The van der Waals surface area contributed by atoms with Gasteiger partial charge in [0.25, 0.3) is 0 Å². The van der Waals surface area contributed by atoms with Crippen molar-refractivity contribution in [2.24, 2.45) is 0 Å². The zero-order valence-corrected chi connectivity index (χ0v) is 46.3. The van der Waals surface area contributed by atoms with E-state index >= 15 is 0 Å². The molecule has 0 amide bonds. The van der Waals surface area contributed by atoms with E-state index in [1.54, 1.807) is 0 Å². The van der Waals surface area contributed by atoms with Gasteiger partial charge in [-0.3, -0.25) is 14.4 Å². The Balaban J connectivity index is 4.35. The number of carbonyl (C=O) groups is 3. The highest BCUT2D eigenvalue weighted by molar-refractivity contribution is 5.71. The minimum atomic E-state index is -0.808. The Labute approximate surface area is 433 Å². The van der Waals surface area contributed by atoms with Crippen LogP contribution in [-0.2, 0) is 28.6 Å². The lowest BCUT2D eigenvalue weighted by atomic mass is 10.0. The van der Waals surface area contributed by atoms with E-state index in [1.807, 2.05) is 6.08 Å². The van der Waals surface area contributed by atoms with Crippen LogP contribution in [0.1, 0.15) is 297 Å². The summed E-state index contributed by atoms with van der Waals surface area (Å²) in [5, 5.41) is 0. The maximum absolute atomic E-state index is 12.8. The molecule has 0 spiro atoms. The third kappa shape index (κ3) is 55.8. The maximum atomic E-state index is 12.8. The van der Waals surface area contributed by atoms with Crippen molar-refractivity contribution in [3.63, 3.8) is 0 Å². The van der Waals surface area contributed by atoms with Gasteiger partial charge < -0.3 is 14.2 Å². The van der Waals surface area contributed by atoms with Gasteiger partial charge in [-0.2, -0.15) is 0 Å². The van der Waals surface area contributed by atoms with E-state index in [4.69, 9.17) is 14.2 Å². The number of hydrogen-bond donors (Lipinski definition) is 0. The summed E-state index contributed by atoms with van der Waals surface area (Å²) in [5.41, 5.74) is 0. The van der Waals surface area contributed by atoms with E-state index in [9.17, 15) is 14.4 Å². The van der Waals surface area contributed by atoms with Crippen LogP contribution in [0.2, 0.25) is 0 Å². The summed E-state index contributed by atoms with van der Waals surface area (Å²) in [6.07, 6.45) is 74.9. The number of hydrogen-bond acceptors (Lipinski definition) is 6. The second-order valence-corrected chi connectivity index (χ2v) is 19.9. The Bertz CT molecular complexity index is 1310. The molecule has 0 N–H and O–H groups in total. The van der Waals surface area contributed by atoms with Crippen molar-refractivity contribution >= 4 is 17.9 Å². The summed E-state index contributed by atoms with van der Waals surface area (Å²) in [4.78, 5) is 38.1. The Kier molecular flexibility index (Phi) is 55.8. The number of esters is 3. The highest BCUT2D eigenvalue weighted by Gasteiger charge is 2.19. The Morgan fingerprint density at radius 2 is 0.586 bits per heavy atom. The minimum absolute atomic E-state index is 0.0999. The molecule has 6 nitrogen and oxygen atoms in total. The summed E-state index contributed by atoms with van der Waals surface area (Å²) in [5.74, 6) is -0.985. The number of allylic oxidation sites excluding steroid dienone is 12. The third-order valence-electron chi connectivity index (χ3n) is 12.9. The zero-order chi connectivity index (χ0) is 50.7. The molecule has 0 saturated carbocycles. The molecular weight excluding hydrogens is 865 g/mol. The summed E-state index contributed by atoms with van der Waals surface area (Å²) < 4.78 is 16.8. The topological polar surface area (TPSA) is 78.9 Å². The molecule has 1 atom stereocenters. The Morgan fingerprint density at radius 1 is 0.300 bits per heavy atom.